The van der Waals surface area contributed by atoms with Gasteiger partial charge in [0.25, 0.3) is 0 Å². The number of carbonyl (C=O) groups excluding carboxylic acids is 1. The maximum Gasteiger partial charge on any atom is 0.313 e. The van der Waals surface area contributed by atoms with Crippen molar-refractivity contribution in [3.8, 4) is 0 Å². The molecule has 4 heteroatoms. The van der Waals surface area contributed by atoms with Gasteiger partial charge < -0.3 is 10.2 Å². The standard InChI is InChI=1S/C4H8N2O2/c7-4-8-6-2-1-5-3-6/h4-5H,1-3H2. The maximum absolute atomic E-state index is 9.67. The Morgan fingerprint density at radius 2 is 2.62 bits per heavy atom. The van der Waals surface area contributed by atoms with E-state index in [9.17, 15) is 4.79 Å². The quantitative estimate of drug-likeness (QED) is 0.467. The number of hydrogen-bond acceptors (Lipinski definition) is 4. The molecule has 0 amide bonds. The van der Waals surface area contributed by atoms with E-state index in [0.29, 0.717) is 13.1 Å². The number of nitrogens with one attached hydrogen (secondary N) is 1. The topological polar surface area (TPSA) is 41.6 Å². The molecule has 0 unspecified atom stereocenters. The summed E-state index contributed by atoms with van der Waals surface area (Å²) < 4.78 is 0. The summed E-state index contributed by atoms with van der Waals surface area (Å²) in [6, 6.07) is 0. The second kappa shape index (κ2) is 2.64. The van der Waals surface area contributed by atoms with Crippen molar-refractivity contribution in [3.05, 3.63) is 0 Å². The van der Waals surface area contributed by atoms with Gasteiger partial charge in [-0.3, -0.25) is 4.79 Å². The first kappa shape index (κ1) is 5.53. The van der Waals surface area contributed by atoms with Gasteiger partial charge in [-0.2, -0.15) is 0 Å². The van der Waals surface area contributed by atoms with E-state index >= 15 is 0 Å². The van der Waals surface area contributed by atoms with Crippen LogP contribution in [0.3, 0.4) is 0 Å². The van der Waals surface area contributed by atoms with Gasteiger partial charge in [0, 0.05) is 13.1 Å². The summed E-state index contributed by atoms with van der Waals surface area (Å²) in [5.74, 6) is 0. The van der Waals surface area contributed by atoms with E-state index in [-0.39, 0.29) is 0 Å². The minimum absolute atomic E-state index is 0.438. The van der Waals surface area contributed by atoms with E-state index in [1.165, 1.54) is 0 Å². The Bertz CT molecular complexity index is 80.1. The van der Waals surface area contributed by atoms with Crippen LogP contribution in [0.5, 0.6) is 0 Å². The van der Waals surface area contributed by atoms with E-state index in [1.807, 2.05) is 0 Å². The van der Waals surface area contributed by atoms with Gasteiger partial charge >= 0.3 is 6.47 Å². The zero-order valence-corrected chi connectivity index (χ0v) is 4.46. The highest BCUT2D eigenvalue weighted by Crippen LogP contribution is 1.89. The van der Waals surface area contributed by atoms with Gasteiger partial charge in [-0.15, -0.1) is 5.06 Å². The molecule has 1 saturated heterocycles. The molecule has 1 N–H and O–H groups in total. The minimum Gasteiger partial charge on any atom is -0.370 e. The molecule has 1 heterocycles. The summed E-state index contributed by atoms with van der Waals surface area (Å²) in [6.07, 6.45) is 0. The fourth-order valence-electron chi connectivity index (χ4n) is 0.637. The second-order valence-corrected chi connectivity index (χ2v) is 1.57. The third-order valence-corrected chi connectivity index (χ3v) is 1.02. The number of hydrogen-bond donors (Lipinski definition) is 1. The molecule has 0 aromatic heterocycles. The Hall–Kier alpha value is -0.610. The maximum atomic E-state index is 9.67. The second-order valence-electron chi connectivity index (χ2n) is 1.57. The lowest BCUT2D eigenvalue weighted by Crippen LogP contribution is -2.21. The van der Waals surface area contributed by atoms with Crippen LogP contribution >= 0.6 is 0 Å². The normalized spacial score (nSPS) is 21.0. The van der Waals surface area contributed by atoms with Crippen molar-refractivity contribution in [2.45, 2.75) is 0 Å². The molecular weight excluding hydrogens is 108 g/mol. The minimum atomic E-state index is 0.438. The Labute approximate surface area is 47.4 Å². The van der Waals surface area contributed by atoms with Crippen LogP contribution in [0, 0.1) is 0 Å². The van der Waals surface area contributed by atoms with Gasteiger partial charge in [0.05, 0.1) is 6.67 Å². The fourth-order valence-corrected chi connectivity index (χ4v) is 0.637. The molecule has 1 aliphatic rings. The summed E-state index contributed by atoms with van der Waals surface area (Å²) in [5, 5.41) is 4.56. The van der Waals surface area contributed by atoms with Crippen molar-refractivity contribution >= 4 is 6.47 Å². The molecule has 1 aliphatic heterocycles. The third-order valence-electron chi connectivity index (χ3n) is 1.02. The van der Waals surface area contributed by atoms with Crippen molar-refractivity contribution in [1.29, 1.82) is 0 Å². The van der Waals surface area contributed by atoms with Gasteiger partial charge in [0.15, 0.2) is 0 Å². The number of hydroxylamine groups is 2. The summed E-state index contributed by atoms with van der Waals surface area (Å²) in [4.78, 5) is 14.2. The molecule has 8 heavy (non-hydrogen) atoms. The molecule has 0 bridgehead atoms. The lowest BCUT2D eigenvalue weighted by atomic mass is 10.7. The molecule has 0 aromatic carbocycles. The van der Waals surface area contributed by atoms with E-state index in [2.05, 4.69) is 10.2 Å². The van der Waals surface area contributed by atoms with Gasteiger partial charge in [-0.1, -0.05) is 0 Å². The Balaban J connectivity index is 2.14. The van der Waals surface area contributed by atoms with Crippen LogP contribution in [0.15, 0.2) is 0 Å². The average molecular weight is 116 g/mol. The van der Waals surface area contributed by atoms with Crippen LogP contribution < -0.4 is 5.32 Å². The summed E-state index contributed by atoms with van der Waals surface area (Å²) in [5.41, 5.74) is 0. The van der Waals surface area contributed by atoms with Crippen LogP contribution in [0.4, 0.5) is 0 Å². The van der Waals surface area contributed by atoms with Gasteiger partial charge in [0.2, 0.25) is 0 Å². The van der Waals surface area contributed by atoms with E-state index in [4.69, 9.17) is 0 Å². The van der Waals surface area contributed by atoms with Crippen molar-refractivity contribution in [3.63, 3.8) is 0 Å². The number of nitrogens with zero attached hydrogens (tertiary/aromatic N) is 1. The molecule has 0 saturated carbocycles. The van der Waals surface area contributed by atoms with Crippen LogP contribution in [0.1, 0.15) is 0 Å². The predicted octanol–water partition coefficient (Wildman–Crippen LogP) is -1.06. The zero-order chi connectivity index (χ0) is 5.82. The summed E-state index contributed by atoms with van der Waals surface area (Å²) in [6.45, 7) is 2.78. The van der Waals surface area contributed by atoms with Crippen molar-refractivity contribution in [2.75, 3.05) is 19.8 Å². The first-order chi connectivity index (χ1) is 3.93. The predicted molar refractivity (Wildman–Crippen MR) is 26.7 cm³/mol. The van der Waals surface area contributed by atoms with Crippen LogP contribution in [-0.4, -0.2) is 31.3 Å². The molecular formula is C4H8N2O2. The molecule has 0 atom stereocenters. The third kappa shape index (κ3) is 1.18. The lowest BCUT2D eigenvalue weighted by molar-refractivity contribution is -0.168. The lowest BCUT2D eigenvalue weighted by Gasteiger charge is -2.06. The van der Waals surface area contributed by atoms with Crippen LogP contribution in [0.25, 0.3) is 0 Å². The first-order valence-electron chi connectivity index (χ1n) is 2.49. The number of carbonyl (C=O) groups is 1. The fraction of sp³-hybridized carbons (Fsp3) is 0.750. The molecule has 1 rings (SSSR count). The Morgan fingerprint density at radius 3 is 3.12 bits per heavy atom. The van der Waals surface area contributed by atoms with E-state index in [1.54, 1.807) is 5.06 Å². The average Bonchev–Trinajstić information content (AvgIpc) is 2.19. The molecule has 0 aliphatic carbocycles. The highest BCUT2D eigenvalue weighted by molar-refractivity contribution is 5.36. The largest absolute Gasteiger partial charge is 0.370 e. The van der Waals surface area contributed by atoms with Crippen molar-refractivity contribution in [2.24, 2.45) is 0 Å². The SMILES string of the molecule is O=CON1CCNC1. The van der Waals surface area contributed by atoms with E-state index in [0.717, 1.165) is 13.1 Å². The number of rotatable bonds is 2. The Kier molecular flexibility index (Phi) is 1.82. The monoisotopic (exact) mass is 116 g/mol. The van der Waals surface area contributed by atoms with E-state index < -0.39 is 0 Å². The smallest absolute Gasteiger partial charge is 0.313 e. The zero-order valence-electron chi connectivity index (χ0n) is 4.46. The highest BCUT2D eigenvalue weighted by atomic mass is 16.7. The van der Waals surface area contributed by atoms with Gasteiger partial charge in [-0.25, -0.2) is 0 Å². The molecule has 4 nitrogen and oxygen atoms in total. The molecule has 0 aromatic rings. The Morgan fingerprint density at radius 1 is 1.75 bits per heavy atom. The molecule has 0 spiro atoms. The summed E-state index contributed by atoms with van der Waals surface area (Å²) in [7, 11) is 0. The van der Waals surface area contributed by atoms with Crippen LogP contribution in [0.2, 0.25) is 0 Å². The van der Waals surface area contributed by atoms with Gasteiger partial charge in [-0.05, 0) is 0 Å². The summed E-state index contributed by atoms with van der Waals surface area (Å²) >= 11 is 0. The molecule has 1 fully saturated rings. The highest BCUT2D eigenvalue weighted by Gasteiger charge is 2.09. The van der Waals surface area contributed by atoms with Crippen molar-refractivity contribution < 1.29 is 9.63 Å². The molecule has 46 valence electrons. The van der Waals surface area contributed by atoms with Gasteiger partial charge in [0.1, 0.15) is 0 Å². The first-order valence-corrected chi connectivity index (χ1v) is 2.49. The van der Waals surface area contributed by atoms with Crippen molar-refractivity contribution in [1.82, 2.24) is 10.4 Å². The van der Waals surface area contributed by atoms with Crippen LogP contribution in [-0.2, 0) is 9.63 Å². The molecule has 0 radical (unpaired) electrons.